The largest absolute Gasteiger partial charge is 0.467 e. The van der Waals surface area contributed by atoms with E-state index in [9.17, 15) is 9.59 Å². The molecule has 1 aliphatic rings. The molecule has 3 N–H and O–H groups in total. The van der Waals surface area contributed by atoms with Gasteiger partial charge in [-0.05, 0) is 30.9 Å². The van der Waals surface area contributed by atoms with Gasteiger partial charge in [0.2, 0.25) is 0 Å². The number of nitrogen functional groups attached to an aromatic ring is 1. The van der Waals surface area contributed by atoms with E-state index in [1.54, 1.807) is 24.3 Å². The summed E-state index contributed by atoms with van der Waals surface area (Å²) < 4.78 is 4.85. The Bertz CT molecular complexity index is 510. The second-order valence-corrected chi connectivity index (χ2v) is 5.46. The minimum Gasteiger partial charge on any atom is -0.467 e. The minimum atomic E-state index is -0.595. The summed E-state index contributed by atoms with van der Waals surface area (Å²) in [5, 5.41) is 2.80. The van der Waals surface area contributed by atoms with Crippen LogP contribution < -0.4 is 11.1 Å². The van der Waals surface area contributed by atoms with E-state index in [-0.39, 0.29) is 17.8 Å². The molecule has 0 saturated heterocycles. The van der Waals surface area contributed by atoms with Crippen molar-refractivity contribution in [2.45, 2.75) is 38.1 Å². The number of esters is 1. The number of methoxy groups -OCH3 is 1. The zero-order valence-corrected chi connectivity index (χ0v) is 12.3. The number of amides is 1. The van der Waals surface area contributed by atoms with Crippen molar-refractivity contribution < 1.29 is 14.3 Å². The fourth-order valence-corrected chi connectivity index (χ4v) is 2.89. The van der Waals surface area contributed by atoms with Gasteiger partial charge in [0.05, 0.1) is 12.7 Å². The van der Waals surface area contributed by atoms with Gasteiger partial charge < -0.3 is 15.8 Å². The lowest BCUT2D eigenvalue weighted by Crippen LogP contribution is -2.47. The molecule has 5 nitrogen and oxygen atoms in total. The molecule has 0 aliphatic heterocycles. The Morgan fingerprint density at radius 2 is 1.90 bits per heavy atom. The van der Waals surface area contributed by atoms with Gasteiger partial charge in [0, 0.05) is 5.69 Å². The number of nitrogens with one attached hydrogen (secondary N) is 1. The average molecular weight is 290 g/mol. The third-order valence-electron chi connectivity index (χ3n) is 4.07. The number of rotatable bonds is 4. The number of nitrogens with two attached hydrogens (primary N) is 1. The topological polar surface area (TPSA) is 81.4 Å². The van der Waals surface area contributed by atoms with E-state index in [4.69, 9.17) is 10.5 Å². The Balaban J connectivity index is 2.13. The highest BCUT2D eigenvalue weighted by molar-refractivity contribution is 6.00. The Morgan fingerprint density at radius 1 is 1.24 bits per heavy atom. The Kier molecular flexibility index (Phi) is 5.20. The lowest BCUT2D eigenvalue weighted by molar-refractivity contribution is -0.144. The number of carbonyl (C=O) groups excluding carboxylic acids is 2. The Labute approximate surface area is 124 Å². The van der Waals surface area contributed by atoms with Gasteiger partial charge in [0.1, 0.15) is 6.04 Å². The van der Waals surface area contributed by atoms with Crippen molar-refractivity contribution in [3.63, 3.8) is 0 Å². The molecule has 1 saturated carbocycles. The summed E-state index contributed by atoms with van der Waals surface area (Å²) in [4.78, 5) is 24.3. The monoisotopic (exact) mass is 290 g/mol. The molecular formula is C16H22N2O3. The smallest absolute Gasteiger partial charge is 0.328 e. The van der Waals surface area contributed by atoms with Crippen LogP contribution in [0.3, 0.4) is 0 Å². The molecule has 21 heavy (non-hydrogen) atoms. The first-order valence-electron chi connectivity index (χ1n) is 7.36. The maximum Gasteiger partial charge on any atom is 0.328 e. The van der Waals surface area contributed by atoms with Crippen LogP contribution in [0.1, 0.15) is 42.5 Å². The molecule has 1 aromatic carbocycles. The fraction of sp³-hybridized carbons (Fsp3) is 0.500. The number of carbonyl (C=O) groups is 2. The standard InChI is InChI=1S/C16H22N2O3/c1-21-16(20)14(11-7-3-2-4-8-11)18-15(19)12-9-5-6-10-13(12)17/h5-6,9-11,14H,2-4,7-8,17H2,1H3,(H,18,19). The molecular weight excluding hydrogens is 268 g/mol. The zero-order chi connectivity index (χ0) is 15.2. The Hall–Kier alpha value is -2.04. The molecule has 1 aliphatic carbocycles. The first kappa shape index (κ1) is 15.4. The van der Waals surface area contributed by atoms with Gasteiger partial charge in [0.25, 0.3) is 5.91 Å². The molecule has 1 fully saturated rings. The Morgan fingerprint density at radius 3 is 2.52 bits per heavy atom. The molecule has 1 aromatic rings. The van der Waals surface area contributed by atoms with E-state index < -0.39 is 6.04 Å². The van der Waals surface area contributed by atoms with Crippen LogP contribution in [0, 0.1) is 5.92 Å². The van der Waals surface area contributed by atoms with E-state index in [1.165, 1.54) is 13.5 Å². The number of ether oxygens (including phenoxy) is 1. The van der Waals surface area contributed by atoms with Crippen LogP contribution in [0.25, 0.3) is 0 Å². The second kappa shape index (κ2) is 7.11. The van der Waals surface area contributed by atoms with Gasteiger partial charge >= 0.3 is 5.97 Å². The van der Waals surface area contributed by atoms with E-state index in [0.717, 1.165) is 25.7 Å². The summed E-state index contributed by atoms with van der Waals surface area (Å²) in [6.45, 7) is 0. The number of benzene rings is 1. The molecule has 1 unspecified atom stereocenters. The first-order valence-corrected chi connectivity index (χ1v) is 7.36. The van der Waals surface area contributed by atoms with Crippen LogP contribution in [0.5, 0.6) is 0 Å². The number of anilines is 1. The van der Waals surface area contributed by atoms with Gasteiger partial charge in [-0.2, -0.15) is 0 Å². The zero-order valence-electron chi connectivity index (χ0n) is 12.3. The molecule has 1 amide bonds. The van der Waals surface area contributed by atoms with Crippen molar-refractivity contribution >= 4 is 17.6 Å². The molecule has 0 heterocycles. The summed E-state index contributed by atoms with van der Waals surface area (Å²) in [6.07, 6.45) is 5.22. The van der Waals surface area contributed by atoms with E-state index >= 15 is 0 Å². The molecule has 0 aromatic heterocycles. The summed E-state index contributed by atoms with van der Waals surface area (Å²) in [5.41, 5.74) is 6.60. The molecule has 2 rings (SSSR count). The maximum absolute atomic E-state index is 12.3. The molecule has 5 heteroatoms. The van der Waals surface area contributed by atoms with E-state index in [2.05, 4.69) is 5.32 Å². The molecule has 0 bridgehead atoms. The molecule has 114 valence electrons. The van der Waals surface area contributed by atoms with Crippen molar-refractivity contribution in [3.05, 3.63) is 29.8 Å². The molecule has 0 spiro atoms. The van der Waals surface area contributed by atoms with Crippen LogP contribution in [0.2, 0.25) is 0 Å². The summed E-state index contributed by atoms with van der Waals surface area (Å²) >= 11 is 0. The van der Waals surface area contributed by atoms with Crippen LogP contribution in [0.15, 0.2) is 24.3 Å². The predicted octanol–water partition coefficient (Wildman–Crippen LogP) is 2.12. The van der Waals surface area contributed by atoms with Crippen molar-refractivity contribution in [2.24, 2.45) is 5.92 Å². The second-order valence-electron chi connectivity index (χ2n) is 5.46. The summed E-state index contributed by atoms with van der Waals surface area (Å²) in [5.74, 6) is -0.570. The van der Waals surface area contributed by atoms with Gasteiger partial charge in [0.15, 0.2) is 0 Å². The van der Waals surface area contributed by atoms with Crippen LogP contribution in [-0.4, -0.2) is 25.0 Å². The van der Waals surface area contributed by atoms with E-state index in [1.807, 2.05) is 0 Å². The van der Waals surface area contributed by atoms with Crippen molar-refractivity contribution in [1.82, 2.24) is 5.32 Å². The lowest BCUT2D eigenvalue weighted by Gasteiger charge is -2.29. The average Bonchev–Trinajstić information content (AvgIpc) is 2.53. The SMILES string of the molecule is COC(=O)C(NC(=O)c1ccccc1N)C1CCCCC1. The quantitative estimate of drug-likeness (QED) is 0.657. The van der Waals surface area contributed by atoms with Crippen LogP contribution >= 0.6 is 0 Å². The molecule has 1 atom stereocenters. The number of para-hydroxylation sites is 1. The highest BCUT2D eigenvalue weighted by atomic mass is 16.5. The third-order valence-corrected chi connectivity index (χ3v) is 4.07. The fourth-order valence-electron chi connectivity index (χ4n) is 2.89. The maximum atomic E-state index is 12.3. The normalized spacial score (nSPS) is 17.0. The van der Waals surface area contributed by atoms with Crippen LogP contribution in [0.4, 0.5) is 5.69 Å². The van der Waals surface area contributed by atoms with Gasteiger partial charge in [-0.25, -0.2) is 4.79 Å². The number of hydrogen-bond acceptors (Lipinski definition) is 4. The predicted molar refractivity (Wildman–Crippen MR) is 80.7 cm³/mol. The lowest BCUT2D eigenvalue weighted by atomic mass is 9.83. The number of hydrogen-bond donors (Lipinski definition) is 2. The van der Waals surface area contributed by atoms with Crippen molar-refractivity contribution in [2.75, 3.05) is 12.8 Å². The third kappa shape index (κ3) is 3.74. The molecule has 0 radical (unpaired) electrons. The highest BCUT2D eigenvalue weighted by Gasteiger charge is 2.32. The summed E-state index contributed by atoms with van der Waals surface area (Å²) in [6, 6.07) is 6.24. The summed E-state index contributed by atoms with van der Waals surface area (Å²) in [7, 11) is 1.35. The highest BCUT2D eigenvalue weighted by Crippen LogP contribution is 2.27. The van der Waals surface area contributed by atoms with Gasteiger partial charge in [-0.15, -0.1) is 0 Å². The van der Waals surface area contributed by atoms with Crippen molar-refractivity contribution in [3.8, 4) is 0 Å². The van der Waals surface area contributed by atoms with Crippen molar-refractivity contribution in [1.29, 1.82) is 0 Å². The minimum absolute atomic E-state index is 0.139. The van der Waals surface area contributed by atoms with Gasteiger partial charge in [-0.1, -0.05) is 31.4 Å². The van der Waals surface area contributed by atoms with Crippen LogP contribution in [-0.2, 0) is 9.53 Å². The van der Waals surface area contributed by atoms with E-state index in [0.29, 0.717) is 11.3 Å². The van der Waals surface area contributed by atoms with Gasteiger partial charge in [-0.3, -0.25) is 4.79 Å². The first-order chi connectivity index (χ1) is 10.1.